The molecule has 5 fully saturated rings. The first-order chi connectivity index (χ1) is 24.3. The minimum atomic E-state index is -0.635. The first kappa shape index (κ1) is 36.6. The van der Waals surface area contributed by atoms with Gasteiger partial charge < -0.3 is 14.3 Å². The molecule has 0 bridgehead atoms. The number of ether oxygens (including phenoxy) is 2. The van der Waals surface area contributed by atoms with Crippen LogP contribution in [0.25, 0.3) is 0 Å². The van der Waals surface area contributed by atoms with Crippen molar-refractivity contribution in [2.45, 2.75) is 142 Å². The number of carbonyl (C=O) groups is 4. The Kier molecular flexibility index (Phi) is 9.74. The monoisotopic (exact) mass is 698 g/mol. The zero-order valence-corrected chi connectivity index (χ0v) is 32.0. The molecule has 0 aliphatic heterocycles. The van der Waals surface area contributed by atoms with Gasteiger partial charge in [0.05, 0.1) is 7.11 Å². The third-order valence-corrected chi connectivity index (χ3v) is 16.9. The van der Waals surface area contributed by atoms with Gasteiger partial charge in [-0.2, -0.15) is 0 Å². The smallest absolute Gasteiger partial charge is 0.306 e. The second-order valence-electron chi connectivity index (χ2n) is 18.6. The number of Topliss-reactive ketones (excluding diaryl/α,β-unsaturated/α-hetero) is 2. The molecule has 51 heavy (non-hydrogen) atoms. The molecule has 0 radical (unpaired) electrons. The molecule has 0 amide bonds. The highest BCUT2D eigenvalue weighted by Crippen LogP contribution is 2.66. The lowest BCUT2D eigenvalue weighted by Crippen LogP contribution is -2.52. The number of benzene rings is 1. The van der Waals surface area contributed by atoms with Gasteiger partial charge in [0.15, 0.2) is 0 Å². The Labute approximate surface area is 306 Å². The molecule has 2 unspecified atom stereocenters. The fourth-order valence-electron chi connectivity index (χ4n) is 13.6. The second-order valence-corrected chi connectivity index (χ2v) is 18.6. The Morgan fingerprint density at radius 1 is 1.00 bits per heavy atom. The molecule has 0 spiro atoms. The van der Waals surface area contributed by atoms with Crippen molar-refractivity contribution in [2.24, 2.45) is 57.7 Å². The standard InChI is InChI=1S/C45H62O6/c1-7-45(22-18-39-37-12-9-29-24-34(50-6)11-13-35(29)36(37)17-21-43(39,45)4)51-41(49)15-8-28(2)38-14-10-31-25-32(27-40(48)44(31,38)5)42(3)20-16-33(47)26-30(42)19-23-46/h7,11,13,23-24,28,30-32,36-39H,1,8-10,12,14-22,25-27H2,2-6H3/t28?,30-,31+,32-,36+,37+,38?,39-,42+,43-,44+,45-/m1/s1. The summed E-state index contributed by atoms with van der Waals surface area (Å²) < 4.78 is 12.1. The van der Waals surface area contributed by atoms with Crippen LogP contribution in [0.4, 0.5) is 0 Å². The van der Waals surface area contributed by atoms with Crippen molar-refractivity contribution in [2.75, 3.05) is 7.11 Å². The van der Waals surface area contributed by atoms with Gasteiger partial charge in [-0.1, -0.05) is 40.3 Å². The van der Waals surface area contributed by atoms with Crippen LogP contribution in [0.15, 0.2) is 30.9 Å². The van der Waals surface area contributed by atoms with E-state index in [1.54, 1.807) is 7.11 Å². The Bertz CT molecular complexity index is 1560. The van der Waals surface area contributed by atoms with Gasteiger partial charge in [-0.25, -0.2) is 0 Å². The summed E-state index contributed by atoms with van der Waals surface area (Å²) in [6.07, 6.45) is 16.1. The molecule has 6 heteroatoms. The van der Waals surface area contributed by atoms with E-state index in [9.17, 15) is 19.2 Å². The van der Waals surface area contributed by atoms with Crippen molar-refractivity contribution in [3.63, 3.8) is 0 Å². The van der Waals surface area contributed by atoms with E-state index in [1.807, 2.05) is 6.08 Å². The summed E-state index contributed by atoms with van der Waals surface area (Å²) in [4.78, 5) is 51.9. The van der Waals surface area contributed by atoms with Gasteiger partial charge in [-0.3, -0.25) is 14.4 Å². The average molecular weight is 699 g/mol. The van der Waals surface area contributed by atoms with Gasteiger partial charge in [0, 0.05) is 42.9 Å². The number of fused-ring (bicyclic) bond motifs is 6. The first-order valence-corrected chi connectivity index (χ1v) is 20.3. The number of ketones is 2. The summed E-state index contributed by atoms with van der Waals surface area (Å²) in [5, 5.41) is 0. The molecule has 278 valence electrons. The van der Waals surface area contributed by atoms with Crippen LogP contribution < -0.4 is 4.74 Å². The van der Waals surface area contributed by atoms with E-state index >= 15 is 0 Å². The summed E-state index contributed by atoms with van der Waals surface area (Å²) in [5.74, 6) is 4.14. The highest BCUT2D eigenvalue weighted by Gasteiger charge is 2.63. The van der Waals surface area contributed by atoms with Crippen molar-refractivity contribution in [1.82, 2.24) is 0 Å². The van der Waals surface area contributed by atoms with Crippen LogP contribution in [-0.2, 0) is 30.3 Å². The molecule has 1 aromatic carbocycles. The summed E-state index contributed by atoms with van der Waals surface area (Å²) in [6.45, 7) is 13.4. The third kappa shape index (κ3) is 5.79. The van der Waals surface area contributed by atoms with Gasteiger partial charge in [-0.05, 0) is 153 Å². The maximum absolute atomic E-state index is 14.2. The number of esters is 1. The summed E-state index contributed by atoms with van der Waals surface area (Å²) in [7, 11) is 1.74. The van der Waals surface area contributed by atoms with Crippen LogP contribution in [-0.4, -0.2) is 36.5 Å². The van der Waals surface area contributed by atoms with Crippen molar-refractivity contribution >= 4 is 23.8 Å². The Morgan fingerprint density at radius 3 is 2.55 bits per heavy atom. The maximum Gasteiger partial charge on any atom is 0.306 e. The Balaban J connectivity index is 0.984. The van der Waals surface area contributed by atoms with Gasteiger partial charge in [0.2, 0.25) is 0 Å². The fraction of sp³-hybridized carbons (Fsp3) is 0.733. The highest BCUT2D eigenvalue weighted by atomic mass is 16.6. The van der Waals surface area contributed by atoms with E-state index in [2.05, 4.69) is 52.5 Å². The van der Waals surface area contributed by atoms with E-state index in [-0.39, 0.29) is 51.7 Å². The lowest BCUT2D eigenvalue weighted by Gasteiger charge is -2.53. The Hall–Kier alpha value is -2.76. The quantitative estimate of drug-likeness (QED) is 0.138. The van der Waals surface area contributed by atoms with E-state index in [0.717, 1.165) is 76.2 Å². The maximum atomic E-state index is 14.2. The molecule has 12 atom stereocenters. The number of aryl methyl sites for hydroxylation is 1. The molecule has 1 aromatic rings. The summed E-state index contributed by atoms with van der Waals surface area (Å²) >= 11 is 0. The minimum Gasteiger partial charge on any atom is -0.497 e. The van der Waals surface area contributed by atoms with Gasteiger partial charge in [0.25, 0.3) is 0 Å². The third-order valence-electron chi connectivity index (χ3n) is 16.9. The molecule has 0 heterocycles. The summed E-state index contributed by atoms with van der Waals surface area (Å²) in [5.41, 5.74) is 1.65. The number of methoxy groups -OCH3 is 1. The van der Waals surface area contributed by atoms with Crippen LogP contribution in [0.3, 0.4) is 0 Å². The van der Waals surface area contributed by atoms with Crippen LogP contribution in [0.2, 0.25) is 0 Å². The molecule has 6 nitrogen and oxygen atoms in total. The number of aldehydes is 1. The van der Waals surface area contributed by atoms with Gasteiger partial charge >= 0.3 is 5.97 Å². The molecule has 7 rings (SSSR count). The van der Waals surface area contributed by atoms with Crippen molar-refractivity contribution in [1.29, 1.82) is 0 Å². The van der Waals surface area contributed by atoms with E-state index in [4.69, 9.17) is 9.47 Å². The molecule has 0 aromatic heterocycles. The molecule has 6 aliphatic rings. The number of hydrogen-bond acceptors (Lipinski definition) is 6. The molecular weight excluding hydrogens is 636 g/mol. The zero-order valence-electron chi connectivity index (χ0n) is 32.0. The second kappa shape index (κ2) is 13.6. The molecule has 0 N–H and O–H groups in total. The van der Waals surface area contributed by atoms with Gasteiger partial charge in [0.1, 0.15) is 29.2 Å². The van der Waals surface area contributed by atoms with Crippen LogP contribution in [0.1, 0.15) is 141 Å². The number of rotatable bonds is 10. The highest BCUT2D eigenvalue weighted by molar-refractivity contribution is 5.87. The molecule has 5 saturated carbocycles. The van der Waals surface area contributed by atoms with Crippen molar-refractivity contribution in [3.8, 4) is 5.75 Å². The van der Waals surface area contributed by atoms with E-state index in [0.29, 0.717) is 61.6 Å². The molecule has 0 saturated heterocycles. The largest absolute Gasteiger partial charge is 0.497 e. The van der Waals surface area contributed by atoms with E-state index < -0.39 is 5.60 Å². The van der Waals surface area contributed by atoms with Crippen LogP contribution in [0.5, 0.6) is 5.75 Å². The SMILES string of the molecule is C=C[C@@]1(OC(=O)CCC(C)C2CC[C@H]3C[C@@H]([C@@]4(C)CCC(=O)C[C@H]4CC=O)CC(=O)[C@]23C)CC[C@@H]2[C@H]3CCc4cc(OC)ccc4[C@@H]3CC[C@]21C. The zero-order chi connectivity index (χ0) is 36.3. The molecular formula is C45H62O6. The summed E-state index contributed by atoms with van der Waals surface area (Å²) in [6, 6.07) is 6.63. The van der Waals surface area contributed by atoms with Crippen molar-refractivity contribution < 1.29 is 28.7 Å². The molecule has 6 aliphatic carbocycles. The minimum absolute atomic E-state index is 0.0378. The van der Waals surface area contributed by atoms with E-state index in [1.165, 1.54) is 17.5 Å². The lowest BCUT2D eigenvalue weighted by molar-refractivity contribution is -0.170. The topological polar surface area (TPSA) is 86.7 Å². The van der Waals surface area contributed by atoms with Crippen LogP contribution >= 0.6 is 0 Å². The predicted molar refractivity (Wildman–Crippen MR) is 198 cm³/mol. The average Bonchev–Trinajstić information content (AvgIpc) is 3.62. The fourth-order valence-corrected chi connectivity index (χ4v) is 13.6. The van der Waals surface area contributed by atoms with Gasteiger partial charge in [-0.15, -0.1) is 0 Å². The van der Waals surface area contributed by atoms with Crippen LogP contribution in [0, 0.1) is 57.7 Å². The predicted octanol–water partition coefficient (Wildman–Crippen LogP) is 9.41. The first-order valence-electron chi connectivity index (χ1n) is 20.3. The normalized spacial score (nSPS) is 42.2. The number of carbonyl (C=O) groups excluding carboxylic acids is 4. The number of hydrogen-bond donors (Lipinski definition) is 0. The Morgan fingerprint density at radius 2 is 1.80 bits per heavy atom. The van der Waals surface area contributed by atoms with Crippen molar-refractivity contribution in [3.05, 3.63) is 42.0 Å². The lowest BCUT2D eigenvalue weighted by atomic mass is 9.51.